The van der Waals surface area contributed by atoms with Crippen LogP contribution < -0.4 is 15.0 Å². The second-order valence-corrected chi connectivity index (χ2v) is 8.18. The summed E-state index contributed by atoms with van der Waals surface area (Å²) < 4.78 is 19.1. The molecule has 3 rings (SSSR count). The standard InChI is InChI=1S/C24H31N3O5/c1-15(2)13-19(24(29)32-6)27-12-10-18-22(23(27)28)25-16(3)26(18)11-9-17-7-8-20(30-4)21(14-17)31-5/h7-8,10,12,14-15,19H,9,11,13H2,1-6H3/t19-/m0/s1. The van der Waals surface area contributed by atoms with Crippen LogP contribution in [-0.2, 0) is 22.5 Å². The summed E-state index contributed by atoms with van der Waals surface area (Å²) >= 11 is 0. The lowest BCUT2D eigenvalue weighted by atomic mass is 10.0. The molecule has 0 aliphatic heterocycles. The van der Waals surface area contributed by atoms with Crippen LogP contribution in [0.15, 0.2) is 35.3 Å². The molecule has 172 valence electrons. The maximum atomic E-state index is 13.2. The van der Waals surface area contributed by atoms with Gasteiger partial charge in [0.1, 0.15) is 11.9 Å². The molecule has 8 heteroatoms. The van der Waals surface area contributed by atoms with E-state index in [9.17, 15) is 9.59 Å². The number of aromatic nitrogens is 3. The van der Waals surface area contributed by atoms with Gasteiger partial charge in [0.25, 0.3) is 5.56 Å². The van der Waals surface area contributed by atoms with Gasteiger partial charge in [0.15, 0.2) is 17.0 Å². The molecule has 0 saturated heterocycles. The van der Waals surface area contributed by atoms with Crippen LogP contribution in [0, 0.1) is 12.8 Å². The second kappa shape index (κ2) is 9.89. The van der Waals surface area contributed by atoms with E-state index in [0.717, 1.165) is 23.3 Å². The third-order valence-electron chi connectivity index (χ3n) is 5.60. The fraction of sp³-hybridized carbons (Fsp3) is 0.458. The highest BCUT2D eigenvalue weighted by Gasteiger charge is 2.25. The number of ether oxygens (including phenoxy) is 3. The molecule has 0 fully saturated rings. The molecule has 1 aromatic carbocycles. The van der Waals surface area contributed by atoms with Gasteiger partial charge in [-0.15, -0.1) is 0 Å². The minimum absolute atomic E-state index is 0.225. The summed E-state index contributed by atoms with van der Waals surface area (Å²) in [6, 6.07) is 7.01. The summed E-state index contributed by atoms with van der Waals surface area (Å²) in [6.45, 7) is 6.54. The topological polar surface area (TPSA) is 84.6 Å². The Balaban J connectivity index is 1.94. The van der Waals surface area contributed by atoms with Crippen LogP contribution in [0.25, 0.3) is 11.0 Å². The average molecular weight is 442 g/mol. The monoisotopic (exact) mass is 441 g/mol. The molecule has 0 radical (unpaired) electrons. The number of methoxy groups -OCH3 is 3. The number of benzene rings is 1. The molecule has 2 heterocycles. The Labute approximate surface area is 187 Å². The first-order valence-electron chi connectivity index (χ1n) is 10.7. The Hall–Kier alpha value is -3.29. The molecule has 0 amide bonds. The third-order valence-corrected chi connectivity index (χ3v) is 5.60. The van der Waals surface area contributed by atoms with Gasteiger partial charge >= 0.3 is 5.97 Å². The van der Waals surface area contributed by atoms with Crippen molar-refractivity contribution in [2.45, 2.75) is 46.2 Å². The third kappa shape index (κ3) is 4.64. The fourth-order valence-corrected chi connectivity index (χ4v) is 3.96. The van der Waals surface area contributed by atoms with Crippen LogP contribution in [0.2, 0.25) is 0 Å². The molecule has 0 saturated carbocycles. The van der Waals surface area contributed by atoms with E-state index < -0.39 is 12.0 Å². The minimum Gasteiger partial charge on any atom is -0.493 e. The second-order valence-electron chi connectivity index (χ2n) is 8.18. The lowest BCUT2D eigenvalue weighted by molar-refractivity contribution is -0.145. The number of carbonyl (C=O) groups excluding carboxylic acids is 1. The van der Waals surface area contributed by atoms with Crippen molar-refractivity contribution in [1.82, 2.24) is 14.1 Å². The van der Waals surface area contributed by atoms with E-state index in [1.54, 1.807) is 20.4 Å². The zero-order chi connectivity index (χ0) is 23.4. The quantitative estimate of drug-likeness (QED) is 0.473. The number of imidazole rings is 1. The van der Waals surface area contributed by atoms with E-state index in [0.29, 0.717) is 30.0 Å². The first-order valence-corrected chi connectivity index (χ1v) is 10.7. The van der Waals surface area contributed by atoms with Crippen LogP contribution in [0.5, 0.6) is 11.5 Å². The molecule has 0 N–H and O–H groups in total. The highest BCUT2D eigenvalue weighted by molar-refractivity contribution is 5.77. The first-order chi connectivity index (χ1) is 15.3. The lowest BCUT2D eigenvalue weighted by Gasteiger charge is -2.19. The molecule has 3 aromatic rings. The van der Waals surface area contributed by atoms with Gasteiger partial charge in [-0.2, -0.15) is 0 Å². The van der Waals surface area contributed by atoms with E-state index in [1.165, 1.54) is 11.7 Å². The average Bonchev–Trinajstić information content (AvgIpc) is 3.11. The predicted octanol–water partition coefficient (Wildman–Crippen LogP) is 3.53. The van der Waals surface area contributed by atoms with E-state index in [1.807, 2.05) is 49.6 Å². The Morgan fingerprint density at radius 1 is 1.09 bits per heavy atom. The molecule has 0 bridgehead atoms. The van der Waals surface area contributed by atoms with Gasteiger partial charge in [-0.3, -0.25) is 9.36 Å². The van der Waals surface area contributed by atoms with Crippen molar-refractivity contribution in [2.24, 2.45) is 5.92 Å². The number of aryl methyl sites for hydroxylation is 3. The van der Waals surface area contributed by atoms with Gasteiger partial charge in [-0.25, -0.2) is 9.78 Å². The van der Waals surface area contributed by atoms with Crippen molar-refractivity contribution in [3.8, 4) is 11.5 Å². The Morgan fingerprint density at radius 3 is 2.44 bits per heavy atom. The van der Waals surface area contributed by atoms with E-state index in [2.05, 4.69) is 4.98 Å². The lowest BCUT2D eigenvalue weighted by Crippen LogP contribution is -2.31. The molecule has 0 unspecified atom stereocenters. The largest absolute Gasteiger partial charge is 0.493 e. The van der Waals surface area contributed by atoms with E-state index in [4.69, 9.17) is 14.2 Å². The fourth-order valence-electron chi connectivity index (χ4n) is 3.96. The molecule has 1 atom stereocenters. The van der Waals surface area contributed by atoms with Gasteiger partial charge in [-0.1, -0.05) is 19.9 Å². The van der Waals surface area contributed by atoms with Gasteiger partial charge in [0, 0.05) is 12.7 Å². The van der Waals surface area contributed by atoms with Gasteiger partial charge in [-0.05, 0) is 49.4 Å². The van der Waals surface area contributed by atoms with Crippen molar-refractivity contribution >= 4 is 17.0 Å². The van der Waals surface area contributed by atoms with Crippen LogP contribution in [0.1, 0.15) is 37.7 Å². The van der Waals surface area contributed by atoms with E-state index in [-0.39, 0.29) is 11.5 Å². The van der Waals surface area contributed by atoms with E-state index >= 15 is 0 Å². The maximum Gasteiger partial charge on any atom is 0.328 e. The number of esters is 1. The zero-order valence-corrected chi connectivity index (χ0v) is 19.5. The van der Waals surface area contributed by atoms with Crippen LogP contribution in [0.3, 0.4) is 0 Å². The summed E-state index contributed by atoms with van der Waals surface area (Å²) in [6.07, 6.45) is 2.91. The normalized spacial score (nSPS) is 12.2. The number of rotatable bonds is 9. The molecular weight excluding hydrogens is 410 g/mol. The van der Waals surface area contributed by atoms with Crippen molar-refractivity contribution in [3.63, 3.8) is 0 Å². The van der Waals surface area contributed by atoms with Crippen molar-refractivity contribution in [1.29, 1.82) is 0 Å². The molecule has 2 aromatic heterocycles. The highest BCUT2D eigenvalue weighted by atomic mass is 16.5. The molecule has 8 nitrogen and oxygen atoms in total. The van der Waals surface area contributed by atoms with Gasteiger partial charge in [0.05, 0.1) is 26.8 Å². The number of hydrogen-bond donors (Lipinski definition) is 0. The number of carbonyl (C=O) groups is 1. The highest BCUT2D eigenvalue weighted by Crippen LogP contribution is 2.28. The number of hydrogen-bond acceptors (Lipinski definition) is 6. The number of fused-ring (bicyclic) bond motifs is 1. The Bertz CT molecular complexity index is 1160. The van der Waals surface area contributed by atoms with Crippen molar-refractivity contribution in [2.75, 3.05) is 21.3 Å². The van der Waals surface area contributed by atoms with Crippen LogP contribution in [-0.4, -0.2) is 41.4 Å². The summed E-state index contributed by atoms with van der Waals surface area (Å²) in [7, 11) is 4.56. The molecule has 32 heavy (non-hydrogen) atoms. The first kappa shape index (κ1) is 23.4. The Kier molecular flexibility index (Phi) is 7.22. The molecule has 0 aliphatic rings. The van der Waals surface area contributed by atoms with Crippen molar-refractivity contribution in [3.05, 3.63) is 52.2 Å². The Morgan fingerprint density at radius 2 is 1.81 bits per heavy atom. The SMILES string of the molecule is COC(=O)[C@H](CC(C)C)n1ccc2c(nc(C)n2CCc2ccc(OC)c(OC)c2)c1=O. The number of pyridine rings is 1. The smallest absolute Gasteiger partial charge is 0.328 e. The molecular formula is C24H31N3O5. The van der Waals surface area contributed by atoms with Gasteiger partial charge < -0.3 is 18.8 Å². The summed E-state index contributed by atoms with van der Waals surface area (Å²) in [5.74, 6) is 1.91. The number of nitrogens with zero attached hydrogens (tertiary/aromatic N) is 3. The van der Waals surface area contributed by atoms with Crippen LogP contribution in [0.4, 0.5) is 0 Å². The minimum atomic E-state index is -0.672. The molecule has 0 aliphatic carbocycles. The molecule has 0 spiro atoms. The summed E-state index contributed by atoms with van der Waals surface area (Å²) in [5.41, 5.74) is 1.90. The summed E-state index contributed by atoms with van der Waals surface area (Å²) in [4.78, 5) is 30.1. The zero-order valence-electron chi connectivity index (χ0n) is 19.5. The van der Waals surface area contributed by atoms with Crippen molar-refractivity contribution < 1.29 is 19.0 Å². The maximum absolute atomic E-state index is 13.2. The van der Waals surface area contributed by atoms with Crippen LogP contribution >= 0.6 is 0 Å². The summed E-state index contributed by atoms with van der Waals surface area (Å²) in [5, 5.41) is 0. The predicted molar refractivity (Wildman–Crippen MR) is 122 cm³/mol. The van der Waals surface area contributed by atoms with Gasteiger partial charge in [0.2, 0.25) is 0 Å².